The van der Waals surface area contributed by atoms with Crippen LogP contribution in [-0.2, 0) is 6.54 Å². The van der Waals surface area contributed by atoms with E-state index in [0.29, 0.717) is 5.92 Å². The zero-order chi connectivity index (χ0) is 11.5. The summed E-state index contributed by atoms with van der Waals surface area (Å²) in [4.78, 5) is 0. The van der Waals surface area contributed by atoms with Crippen molar-refractivity contribution in [1.82, 2.24) is 14.8 Å². The Hall–Kier alpha value is -1.10. The molecule has 2 rings (SSSR count). The summed E-state index contributed by atoms with van der Waals surface area (Å²) in [5.74, 6) is 2.32. The highest BCUT2D eigenvalue weighted by Gasteiger charge is 2.30. The minimum atomic E-state index is 0.254. The first-order valence-electron chi connectivity index (χ1n) is 6.20. The van der Waals surface area contributed by atoms with Crippen molar-refractivity contribution >= 4 is 5.95 Å². The minimum Gasteiger partial charge on any atom is -0.355 e. The molecule has 1 aliphatic carbocycles. The topological polar surface area (TPSA) is 68.8 Å². The lowest BCUT2D eigenvalue weighted by molar-refractivity contribution is 0.545. The second-order valence-electron chi connectivity index (χ2n) is 4.36. The molecule has 0 aromatic carbocycles. The predicted octanol–water partition coefficient (Wildman–Crippen LogP) is 1.32. The van der Waals surface area contributed by atoms with Gasteiger partial charge in [0, 0.05) is 25.0 Å². The summed E-state index contributed by atoms with van der Waals surface area (Å²) in [7, 11) is 0. The lowest BCUT2D eigenvalue weighted by atomic mass is 10.0. The lowest BCUT2D eigenvalue weighted by Gasteiger charge is -2.16. The quantitative estimate of drug-likeness (QED) is 0.808. The van der Waals surface area contributed by atoms with Crippen LogP contribution >= 0.6 is 0 Å². The zero-order valence-electron chi connectivity index (χ0n) is 10.1. The van der Waals surface area contributed by atoms with Gasteiger partial charge in [-0.1, -0.05) is 6.42 Å². The van der Waals surface area contributed by atoms with Gasteiger partial charge in [0.05, 0.1) is 0 Å². The van der Waals surface area contributed by atoms with Crippen LogP contribution < -0.4 is 11.1 Å². The van der Waals surface area contributed by atoms with Gasteiger partial charge in [-0.2, -0.15) is 0 Å². The van der Waals surface area contributed by atoms with E-state index >= 15 is 0 Å². The highest BCUT2D eigenvalue weighted by molar-refractivity contribution is 5.27. The Labute approximate surface area is 96.4 Å². The fraction of sp³-hybridized carbons (Fsp3) is 0.818. The minimum absolute atomic E-state index is 0.254. The number of nitrogens with two attached hydrogens (primary N) is 1. The second-order valence-corrected chi connectivity index (χ2v) is 4.36. The Morgan fingerprint density at radius 3 is 2.75 bits per heavy atom. The Bertz CT molecular complexity index is 346. The number of hydrogen-bond acceptors (Lipinski definition) is 4. The van der Waals surface area contributed by atoms with E-state index in [2.05, 4.69) is 33.9 Å². The van der Waals surface area contributed by atoms with Crippen molar-refractivity contribution in [3.63, 3.8) is 0 Å². The molecule has 1 saturated carbocycles. The van der Waals surface area contributed by atoms with E-state index < -0.39 is 0 Å². The molecule has 0 bridgehead atoms. The SMILES string of the molecule is CCNc1nnc(C2CCCC2N)n1CC. The second kappa shape index (κ2) is 4.82. The third-order valence-corrected chi connectivity index (χ3v) is 3.33. The highest BCUT2D eigenvalue weighted by Crippen LogP contribution is 2.33. The van der Waals surface area contributed by atoms with Crippen molar-refractivity contribution in [2.45, 2.75) is 51.6 Å². The Morgan fingerprint density at radius 1 is 1.38 bits per heavy atom. The van der Waals surface area contributed by atoms with Gasteiger partial charge in [-0.05, 0) is 26.7 Å². The van der Waals surface area contributed by atoms with Crippen LogP contribution in [0.2, 0.25) is 0 Å². The summed E-state index contributed by atoms with van der Waals surface area (Å²) in [5.41, 5.74) is 6.12. The lowest BCUT2D eigenvalue weighted by Crippen LogP contribution is -2.25. The number of rotatable bonds is 4. The van der Waals surface area contributed by atoms with Crippen LogP contribution in [0.3, 0.4) is 0 Å². The monoisotopic (exact) mass is 223 g/mol. The van der Waals surface area contributed by atoms with Gasteiger partial charge in [0.15, 0.2) is 0 Å². The number of hydrogen-bond donors (Lipinski definition) is 2. The van der Waals surface area contributed by atoms with Gasteiger partial charge < -0.3 is 11.1 Å². The van der Waals surface area contributed by atoms with Crippen molar-refractivity contribution < 1.29 is 0 Å². The van der Waals surface area contributed by atoms with Gasteiger partial charge in [-0.15, -0.1) is 10.2 Å². The van der Waals surface area contributed by atoms with Gasteiger partial charge in [-0.25, -0.2) is 0 Å². The number of anilines is 1. The molecule has 1 heterocycles. The Balaban J connectivity index is 2.26. The van der Waals surface area contributed by atoms with E-state index in [9.17, 15) is 0 Å². The largest absolute Gasteiger partial charge is 0.355 e. The first-order valence-corrected chi connectivity index (χ1v) is 6.20. The van der Waals surface area contributed by atoms with Crippen molar-refractivity contribution in [2.75, 3.05) is 11.9 Å². The third kappa shape index (κ3) is 1.91. The third-order valence-electron chi connectivity index (χ3n) is 3.33. The van der Waals surface area contributed by atoms with Crippen LogP contribution in [0.25, 0.3) is 0 Å². The fourth-order valence-electron chi connectivity index (χ4n) is 2.50. The van der Waals surface area contributed by atoms with Crippen molar-refractivity contribution in [1.29, 1.82) is 0 Å². The summed E-state index contributed by atoms with van der Waals surface area (Å²) in [5, 5.41) is 11.7. The van der Waals surface area contributed by atoms with Crippen LogP contribution in [-0.4, -0.2) is 27.4 Å². The smallest absolute Gasteiger partial charge is 0.224 e. The molecule has 16 heavy (non-hydrogen) atoms. The Kier molecular flexibility index (Phi) is 3.43. The van der Waals surface area contributed by atoms with Gasteiger partial charge in [0.25, 0.3) is 0 Å². The van der Waals surface area contributed by atoms with Crippen LogP contribution in [0.4, 0.5) is 5.95 Å². The zero-order valence-corrected chi connectivity index (χ0v) is 10.1. The highest BCUT2D eigenvalue weighted by atomic mass is 15.4. The van der Waals surface area contributed by atoms with E-state index in [0.717, 1.165) is 37.7 Å². The average molecular weight is 223 g/mol. The van der Waals surface area contributed by atoms with Crippen molar-refractivity contribution in [3.05, 3.63) is 5.82 Å². The number of nitrogens with zero attached hydrogens (tertiary/aromatic N) is 3. The molecular weight excluding hydrogens is 202 g/mol. The summed E-state index contributed by atoms with van der Waals surface area (Å²) >= 11 is 0. The molecule has 90 valence electrons. The predicted molar refractivity (Wildman–Crippen MR) is 64.4 cm³/mol. The molecule has 0 spiro atoms. The first-order chi connectivity index (χ1) is 7.77. The number of nitrogens with one attached hydrogen (secondary N) is 1. The maximum Gasteiger partial charge on any atom is 0.224 e. The van der Waals surface area contributed by atoms with Gasteiger partial charge in [-0.3, -0.25) is 4.57 Å². The summed E-state index contributed by atoms with van der Waals surface area (Å²) < 4.78 is 2.15. The maximum absolute atomic E-state index is 6.12. The molecule has 0 saturated heterocycles. The normalized spacial score (nSPS) is 24.9. The molecule has 1 aromatic heterocycles. The molecule has 0 radical (unpaired) electrons. The van der Waals surface area contributed by atoms with Gasteiger partial charge in [0.2, 0.25) is 5.95 Å². The number of aromatic nitrogens is 3. The first kappa shape index (κ1) is 11.4. The van der Waals surface area contributed by atoms with Crippen LogP contribution in [0.5, 0.6) is 0 Å². The van der Waals surface area contributed by atoms with Crippen LogP contribution in [0.1, 0.15) is 44.9 Å². The van der Waals surface area contributed by atoms with Crippen LogP contribution in [0, 0.1) is 0 Å². The summed E-state index contributed by atoms with van der Waals surface area (Å²) in [6, 6.07) is 0.254. The average Bonchev–Trinajstić information content (AvgIpc) is 2.84. The molecular formula is C11H21N5. The molecule has 1 aliphatic rings. The van der Waals surface area contributed by atoms with Crippen LogP contribution in [0.15, 0.2) is 0 Å². The maximum atomic E-state index is 6.12. The fourth-order valence-corrected chi connectivity index (χ4v) is 2.50. The van der Waals surface area contributed by atoms with Gasteiger partial charge >= 0.3 is 0 Å². The molecule has 1 fully saturated rings. The van der Waals surface area contributed by atoms with E-state index in [1.165, 1.54) is 6.42 Å². The summed E-state index contributed by atoms with van der Waals surface area (Å²) in [6.45, 7) is 5.95. The van der Waals surface area contributed by atoms with E-state index in [4.69, 9.17) is 5.73 Å². The van der Waals surface area contributed by atoms with Crippen molar-refractivity contribution in [2.24, 2.45) is 5.73 Å². The molecule has 2 atom stereocenters. The Morgan fingerprint density at radius 2 is 2.19 bits per heavy atom. The van der Waals surface area contributed by atoms with E-state index in [-0.39, 0.29) is 6.04 Å². The molecule has 5 nitrogen and oxygen atoms in total. The van der Waals surface area contributed by atoms with E-state index in [1.807, 2.05) is 0 Å². The van der Waals surface area contributed by atoms with Gasteiger partial charge in [0.1, 0.15) is 5.82 Å². The molecule has 5 heteroatoms. The molecule has 1 aromatic rings. The molecule has 0 aliphatic heterocycles. The molecule has 2 unspecified atom stereocenters. The molecule has 3 N–H and O–H groups in total. The van der Waals surface area contributed by atoms with Crippen molar-refractivity contribution in [3.8, 4) is 0 Å². The molecule has 0 amide bonds. The standard InChI is InChI=1S/C11H21N5/c1-3-13-11-15-14-10(16(11)4-2)8-6-5-7-9(8)12/h8-9H,3-7,12H2,1-2H3,(H,13,15). The summed E-state index contributed by atoms with van der Waals surface area (Å²) in [6.07, 6.45) is 3.46. The van der Waals surface area contributed by atoms with E-state index in [1.54, 1.807) is 0 Å².